The van der Waals surface area contributed by atoms with Crippen LogP contribution in [0.15, 0.2) is 48.5 Å². The summed E-state index contributed by atoms with van der Waals surface area (Å²) in [6, 6.07) is 16.0. The minimum atomic E-state index is 0.802. The van der Waals surface area contributed by atoms with Crippen LogP contribution in [0.3, 0.4) is 0 Å². The molecule has 0 aromatic heterocycles. The number of nitrogens with one attached hydrogen (secondary N) is 1. The van der Waals surface area contributed by atoms with Crippen LogP contribution >= 0.6 is 0 Å². The maximum absolute atomic E-state index is 5.74. The van der Waals surface area contributed by atoms with Crippen molar-refractivity contribution in [3.63, 3.8) is 0 Å². The van der Waals surface area contributed by atoms with Crippen molar-refractivity contribution in [1.29, 1.82) is 0 Å². The predicted molar refractivity (Wildman–Crippen MR) is 74.4 cm³/mol. The fourth-order valence-electron chi connectivity index (χ4n) is 1.84. The van der Waals surface area contributed by atoms with Crippen LogP contribution in [-0.2, 0) is 13.1 Å². The van der Waals surface area contributed by atoms with Crippen LogP contribution in [0.4, 0.5) is 5.69 Å². The number of nitrogen functional groups attached to an aromatic ring is 1. The molecule has 0 saturated heterocycles. The van der Waals surface area contributed by atoms with E-state index in [1.165, 1.54) is 11.1 Å². The lowest BCUT2D eigenvalue weighted by molar-refractivity contribution is 0.414. The maximum atomic E-state index is 5.74. The average Bonchev–Trinajstić information content (AvgIpc) is 2.39. The van der Waals surface area contributed by atoms with Gasteiger partial charge in [0.2, 0.25) is 0 Å². The molecule has 0 atom stereocenters. The number of ether oxygens (including phenoxy) is 1. The van der Waals surface area contributed by atoms with Gasteiger partial charge in [0.15, 0.2) is 0 Å². The minimum absolute atomic E-state index is 0.802. The molecule has 0 bridgehead atoms. The molecule has 0 aliphatic rings. The highest BCUT2D eigenvalue weighted by Gasteiger charge is 1.97. The third kappa shape index (κ3) is 3.50. The number of benzene rings is 2. The molecule has 3 N–H and O–H groups in total. The Hall–Kier alpha value is -2.00. The zero-order valence-electron chi connectivity index (χ0n) is 10.5. The smallest absolute Gasteiger partial charge is 0.119 e. The molecule has 0 heterocycles. The monoisotopic (exact) mass is 242 g/mol. The lowest BCUT2D eigenvalue weighted by atomic mass is 10.2. The van der Waals surface area contributed by atoms with Gasteiger partial charge in [-0.05, 0) is 35.4 Å². The van der Waals surface area contributed by atoms with E-state index >= 15 is 0 Å². The summed E-state index contributed by atoms with van der Waals surface area (Å²) in [6.45, 7) is 1.62. The van der Waals surface area contributed by atoms with Crippen LogP contribution in [0.25, 0.3) is 0 Å². The number of rotatable bonds is 5. The summed E-state index contributed by atoms with van der Waals surface area (Å²) < 4.78 is 5.19. The topological polar surface area (TPSA) is 47.3 Å². The molecule has 0 aliphatic carbocycles. The van der Waals surface area contributed by atoms with Gasteiger partial charge in [-0.15, -0.1) is 0 Å². The molecule has 3 heteroatoms. The fraction of sp³-hybridized carbons (Fsp3) is 0.200. The molecule has 3 nitrogen and oxygen atoms in total. The largest absolute Gasteiger partial charge is 0.497 e. The summed E-state index contributed by atoms with van der Waals surface area (Å²) in [5.41, 5.74) is 8.94. The molecule has 0 radical (unpaired) electrons. The van der Waals surface area contributed by atoms with Crippen molar-refractivity contribution in [2.24, 2.45) is 0 Å². The van der Waals surface area contributed by atoms with Crippen molar-refractivity contribution in [2.45, 2.75) is 13.1 Å². The van der Waals surface area contributed by atoms with Crippen LogP contribution in [0.1, 0.15) is 11.1 Å². The van der Waals surface area contributed by atoms with Crippen molar-refractivity contribution in [1.82, 2.24) is 5.32 Å². The van der Waals surface area contributed by atoms with E-state index in [0.29, 0.717) is 0 Å². The highest BCUT2D eigenvalue weighted by molar-refractivity contribution is 5.40. The van der Waals surface area contributed by atoms with E-state index in [1.807, 2.05) is 36.4 Å². The molecular formula is C15H18N2O. The van der Waals surface area contributed by atoms with Gasteiger partial charge in [-0.25, -0.2) is 0 Å². The van der Waals surface area contributed by atoms with Gasteiger partial charge < -0.3 is 15.8 Å². The molecule has 18 heavy (non-hydrogen) atoms. The normalized spacial score (nSPS) is 10.3. The van der Waals surface area contributed by atoms with Crippen molar-refractivity contribution in [2.75, 3.05) is 12.8 Å². The van der Waals surface area contributed by atoms with E-state index in [1.54, 1.807) is 7.11 Å². The standard InChI is InChI=1S/C15H18N2O/c1-18-15-7-3-5-13(9-15)11-17-10-12-4-2-6-14(16)8-12/h2-9,17H,10-11,16H2,1H3. The summed E-state index contributed by atoms with van der Waals surface area (Å²) in [5.74, 6) is 0.887. The third-order valence-electron chi connectivity index (χ3n) is 2.74. The van der Waals surface area contributed by atoms with Crippen LogP contribution in [-0.4, -0.2) is 7.11 Å². The summed E-state index contributed by atoms with van der Waals surface area (Å²) >= 11 is 0. The first kappa shape index (κ1) is 12.5. The van der Waals surface area contributed by atoms with Gasteiger partial charge in [-0.1, -0.05) is 24.3 Å². The second-order valence-electron chi connectivity index (χ2n) is 4.20. The van der Waals surface area contributed by atoms with Crippen LogP contribution < -0.4 is 15.8 Å². The molecule has 0 amide bonds. The Bertz CT molecular complexity index is 511. The highest BCUT2D eigenvalue weighted by atomic mass is 16.5. The Morgan fingerprint density at radius 3 is 2.33 bits per heavy atom. The van der Waals surface area contributed by atoms with E-state index < -0.39 is 0 Å². The second kappa shape index (κ2) is 6.07. The molecular weight excluding hydrogens is 224 g/mol. The minimum Gasteiger partial charge on any atom is -0.497 e. The first-order valence-corrected chi connectivity index (χ1v) is 5.96. The first-order chi connectivity index (χ1) is 8.78. The average molecular weight is 242 g/mol. The zero-order valence-corrected chi connectivity index (χ0v) is 10.5. The maximum Gasteiger partial charge on any atom is 0.119 e. The molecule has 2 rings (SSSR count). The Morgan fingerprint density at radius 2 is 1.67 bits per heavy atom. The summed E-state index contributed by atoms with van der Waals surface area (Å²) in [6.07, 6.45) is 0. The molecule has 94 valence electrons. The van der Waals surface area contributed by atoms with Gasteiger partial charge in [0.1, 0.15) is 5.75 Å². The summed E-state index contributed by atoms with van der Waals surface area (Å²) in [4.78, 5) is 0. The van der Waals surface area contributed by atoms with Gasteiger partial charge in [0.25, 0.3) is 0 Å². The Labute approximate surface area is 108 Å². The van der Waals surface area contributed by atoms with Crippen LogP contribution in [0.2, 0.25) is 0 Å². The van der Waals surface area contributed by atoms with E-state index in [2.05, 4.69) is 17.4 Å². The van der Waals surface area contributed by atoms with Crippen molar-refractivity contribution < 1.29 is 4.74 Å². The Kier molecular flexibility index (Phi) is 4.20. The van der Waals surface area contributed by atoms with Gasteiger partial charge in [-0.2, -0.15) is 0 Å². The van der Waals surface area contributed by atoms with E-state index in [9.17, 15) is 0 Å². The lowest BCUT2D eigenvalue weighted by Gasteiger charge is -2.07. The summed E-state index contributed by atoms with van der Waals surface area (Å²) in [7, 11) is 1.68. The number of hydrogen-bond donors (Lipinski definition) is 2. The summed E-state index contributed by atoms with van der Waals surface area (Å²) in [5, 5.41) is 3.39. The van der Waals surface area contributed by atoms with E-state index in [0.717, 1.165) is 24.5 Å². The number of nitrogens with two attached hydrogens (primary N) is 1. The molecule has 0 spiro atoms. The van der Waals surface area contributed by atoms with Gasteiger partial charge in [0, 0.05) is 18.8 Å². The van der Waals surface area contributed by atoms with Gasteiger partial charge in [0.05, 0.1) is 7.11 Å². The number of hydrogen-bond acceptors (Lipinski definition) is 3. The SMILES string of the molecule is COc1cccc(CNCc2cccc(N)c2)c1. The predicted octanol–water partition coefficient (Wildman–Crippen LogP) is 2.57. The van der Waals surface area contributed by atoms with E-state index in [-0.39, 0.29) is 0 Å². The van der Waals surface area contributed by atoms with Crippen molar-refractivity contribution in [3.8, 4) is 5.75 Å². The van der Waals surface area contributed by atoms with Gasteiger partial charge in [-0.3, -0.25) is 0 Å². The molecule has 0 unspecified atom stereocenters. The fourth-order valence-corrected chi connectivity index (χ4v) is 1.84. The first-order valence-electron chi connectivity index (χ1n) is 5.96. The van der Waals surface area contributed by atoms with Crippen molar-refractivity contribution in [3.05, 3.63) is 59.7 Å². The number of methoxy groups -OCH3 is 1. The quantitative estimate of drug-likeness (QED) is 0.792. The Balaban J connectivity index is 1.88. The molecule has 0 fully saturated rings. The Morgan fingerprint density at radius 1 is 1.00 bits per heavy atom. The molecule has 0 saturated carbocycles. The zero-order chi connectivity index (χ0) is 12.8. The van der Waals surface area contributed by atoms with Gasteiger partial charge >= 0.3 is 0 Å². The molecule has 2 aromatic carbocycles. The van der Waals surface area contributed by atoms with E-state index in [4.69, 9.17) is 10.5 Å². The van der Waals surface area contributed by atoms with Crippen molar-refractivity contribution >= 4 is 5.69 Å². The molecule has 0 aliphatic heterocycles. The van der Waals surface area contributed by atoms with Crippen LogP contribution in [0.5, 0.6) is 5.75 Å². The second-order valence-corrected chi connectivity index (χ2v) is 4.20. The highest BCUT2D eigenvalue weighted by Crippen LogP contribution is 2.12. The third-order valence-corrected chi connectivity index (χ3v) is 2.74. The lowest BCUT2D eigenvalue weighted by Crippen LogP contribution is -2.12. The van der Waals surface area contributed by atoms with Crippen LogP contribution in [0, 0.1) is 0 Å². The molecule has 2 aromatic rings. The number of anilines is 1.